The number of piperidine rings is 1. The second kappa shape index (κ2) is 9.27. The first-order chi connectivity index (χ1) is 12.0. The van der Waals surface area contributed by atoms with Crippen LogP contribution in [0, 0.1) is 0 Å². The fourth-order valence-corrected chi connectivity index (χ4v) is 2.74. The number of nitrogens with zero attached hydrogens (tertiary/aromatic N) is 1. The number of carbonyl (C=O) groups excluding carboxylic acids is 2. The summed E-state index contributed by atoms with van der Waals surface area (Å²) in [6.07, 6.45) is 1.47. The second-order valence-electron chi connectivity index (χ2n) is 6.41. The number of likely N-dealkylation sites (tertiary alicyclic amines) is 1. The summed E-state index contributed by atoms with van der Waals surface area (Å²) in [5, 5.41) is 5.75. The Hall–Kier alpha value is -2.28. The smallest absolute Gasteiger partial charge is 0.409 e. The van der Waals surface area contributed by atoms with Crippen molar-refractivity contribution < 1.29 is 19.1 Å². The van der Waals surface area contributed by atoms with Crippen molar-refractivity contribution in [3.63, 3.8) is 0 Å². The van der Waals surface area contributed by atoms with Crippen LogP contribution in [0.15, 0.2) is 24.3 Å². The first kappa shape index (κ1) is 19.1. The third kappa shape index (κ3) is 6.26. The van der Waals surface area contributed by atoms with Gasteiger partial charge in [-0.25, -0.2) is 9.59 Å². The van der Waals surface area contributed by atoms with Gasteiger partial charge in [0.2, 0.25) is 0 Å². The van der Waals surface area contributed by atoms with Gasteiger partial charge in [-0.1, -0.05) is 12.1 Å². The fraction of sp³-hybridized carbons (Fsp3) is 0.556. The zero-order valence-corrected chi connectivity index (χ0v) is 15.1. The van der Waals surface area contributed by atoms with E-state index in [2.05, 4.69) is 10.6 Å². The lowest BCUT2D eigenvalue weighted by Crippen LogP contribution is -2.50. The van der Waals surface area contributed by atoms with Crippen LogP contribution in [0.25, 0.3) is 0 Å². The average Bonchev–Trinajstić information content (AvgIpc) is 2.59. The third-order valence-corrected chi connectivity index (χ3v) is 3.96. The first-order valence-corrected chi connectivity index (χ1v) is 8.59. The van der Waals surface area contributed by atoms with Gasteiger partial charge in [0.15, 0.2) is 0 Å². The van der Waals surface area contributed by atoms with E-state index in [0.29, 0.717) is 25.4 Å². The molecular formula is C18H27N3O4. The summed E-state index contributed by atoms with van der Waals surface area (Å²) in [6, 6.07) is 7.21. The maximum Gasteiger partial charge on any atom is 0.409 e. The normalized spacial score (nSPS) is 17.3. The van der Waals surface area contributed by atoms with Crippen LogP contribution in [0.4, 0.5) is 15.3 Å². The largest absolute Gasteiger partial charge is 0.453 e. The maximum absolute atomic E-state index is 12.2. The summed E-state index contributed by atoms with van der Waals surface area (Å²) in [6.45, 7) is 5.59. The van der Waals surface area contributed by atoms with E-state index in [1.165, 1.54) is 7.11 Å². The molecule has 2 N–H and O–H groups in total. The number of hydrogen-bond acceptors (Lipinski definition) is 4. The van der Waals surface area contributed by atoms with Gasteiger partial charge in [-0.2, -0.15) is 0 Å². The average molecular weight is 349 g/mol. The monoisotopic (exact) mass is 349 g/mol. The Bertz CT molecular complexity index is 591. The zero-order chi connectivity index (χ0) is 18.2. The molecule has 0 spiro atoms. The molecule has 0 bridgehead atoms. The minimum atomic E-state index is -0.357. The molecule has 1 atom stereocenters. The summed E-state index contributed by atoms with van der Waals surface area (Å²) < 4.78 is 10.3. The van der Waals surface area contributed by atoms with E-state index in [-0.39, 0.29) is 24.3 Å². The number of rotatable bonds is 5. The van der Waals surface area contributed by atoms with Gasteiger partial charge in [-0.15, -0.1) is 0 Å². The van der Waals surface area contributed by atoms with Gasteiger partial charge in [0, 0.05) is 24.8 Å². The standard InChI is InChI=1S/C18H27N3O4/c1-13(2)25-12-14-6-4-7-15(10-14)19-17(22)20-16-8-5-9-21(11-16)18(23)24-3/h4,6-7,10,13,16H,5,8-9,11-12H2,1-3H3,(H2,19,20,22)/t16-/m1/s1. The minimum Gasteiger partial charge on any atom is -0.453 e. The van der Waals surface area contributed by atoms with Crippen molar-refractivity contribution in [3.05, 3.63) is 29.8 Å². The highest BCUT2D eigenvalue weighted by Gasteiger charge is 2.25. The number of methoxy groups -OCH3 is 1. The number of ether oxygens (including phenoxy) is 2. The van der Waals surface area contributed by atoms with E-state index in [9.17, 15) is 9.59 Å². The van der Waals surface area contributed by atoms with Crippen LogP contribution in [0.5, 0.6) is 0 Å². The van der Waals surface area contributed by atoms with E-state index in [4.69, 9.17) is 9.47 Å². The number of nitrogens with one attached hydrogen (secondary N) is 2. The highest BCUT2D eigenvalue weighted by molar-refractivity contribution is 5.89. The Morgan fingerprint density at radius 3 is 2.88 bits per heavy atom. The third-order valence-electron chi connectivity index (χ3n) is 3.96. The van der Waals surface area contributed by atoms with Crippen LogP contribution in [0.1, 0.15) is 32.3 Å². The molecule has 1 aliphatic rings. The lowest BCUT2D eigenvalue weighted by Gasteiger charge is -2.32. The number of carbonyl (C=O) groups is 2. The Labute approximate surface area is 148 Å². The van der Waals surface area contributed by atoms with Crippen molar-refractivity contribution in [2.45, 2.75) is 45.4 Å². The minimum absolute atomic E-state index is 0.0830. The van der Waals surface area contributed by atoms with E-state index in [1.54, 1.807) is 4.90 Å². The summed E-state index contributed by atoms with van der Waals surface area (Å²) in [4.78, 5) is 25.4. The Kier molecular flexibility index (Phi) is 7.06. The van der Waals surface area contributed by atoms with Gasteiger partial charge >= 0.3 is 12.1 Å². The fourth-order valence-electron chi connectivity index (χ4n) is 2.74. The molecule has 0 aromatic heterocycles. The SMILES string of the molecule is COC(=O)N1CCC[C@@H](NC(=O)Nc2cccc(COC(C)C)c2)C1. The van der Waals surface area contributed by atoms with E-state index in [0.717, 1.165) is 18.4 Å². The molecule has 1 saturated heterocycles. The molecule has 1 aromatic rings. The molecule has 138 valence electrons. The Morgan fingerprint density at radius 2 is 2.16 bits per heavy atom. The van der Waals surface area contributed by atoms with Gasteiger partial charge < -0.3 is 25.0 Å². The van der Waals surface area contributed by atoms with Gasteiger partial charge in [0.05, 0.1) is 19.8 Å². The predicted molar refractivity (Wildman–Crippen MR) is 95.5 cm³/mol. The molecule has 1 fully saturated rings. The van der Waals surface area contributed by atoms with E-state index in [1.807, 2.05) is 38.1 Å². The van der Waals surface area contributed by atoms with Crippen molar-refractivity contribution in [2.75, 3.05) is 25.5 Å². The van der Waals surface area contributed by atoms with Gasteiger partial charge in [-0.3, -0.25) is 0 Å². The molecule has 0 saturated carbocycles. The quantitative estimate of drug-likeness (QED) is 0.856. The molecular weight excluding hydrogens is 322 g/mol. The zero-order valence-electron chi connectivity index (χ0n) is 15.1. The van der Waals surface area contributed by atoms with Gasteiger partial charge in [0.25, 0.3) is 0 Å². The number of urea groups is 1. The molecule has 2 rings (SSSR count). The molecule has 0 unspecified atom stereocenters. The molecule has 0 aliphatic carbocycles. The first-order valence-electron chi connectivity index (χ1n) is 8.59. The van der Waals surface area contributed by atoms with Crippen molar-refractivity contribution in [1.82, 2.24) is 10.2 Å². The van der Waals surface area contributed by atoms with Crippen LogP contribution in [0.3, 0.4) is 0 Å². The Balaban J connectivity index is 1.85. The summed E-state index contributed by atoms with van der Waals surface area (Å²) in [7, 11) is 1.36. The molecule has 25 heavy (non-hydrogen) atoms. The van der Waals surface area contributed by atoms with Gasteiger partial charge in [0.1, 0.15) is 0 Å². The molecule has 1 aliphatic heterocycles. The van der Waals surface area contributed by atoms with Crippen LogP contribution in [-0.2, 0) is 16.1 Å². The van der Waals surface area contributed by atoms with Crippen molar-refractivity contribution in [3.8, 4) is 0 Å². The lowest BCUT2D eigenvalue weighted by molar-refractivity contribution is 0.0657. The number of hydrogen-bond donors (Lipinski definition) is 2. The van der Waals surface area contributed by atoms with Gasteiger partial charge in [-0.05, 0) is 44.4 Å². The van der Waals surface area contributed by atoms with Crippen molar-refractivity contribution in [1.29, 1.82) is 0 Å². The summed E-state index contributed by atoms with van der Waals surface area (Å²) in [5.41, 5.74) is 1.71. The topological polar surface area (TPSA) is 79.9 Å². The second-order valence-corrected chi connectivity index (χ2v) is 6.41. The molecule has 0 radical (unpaired) electrons. The number of amides is 3. The molecule has 1 heterocycles. The van der Waals surface area contributed by atoms with Crippen LogP contribution in [0.2, 0.25) is 0 Å². The Morgan fingerprint density at radius 1 is 1.36 bits per heavy atom. The predicted octanol–water partition coefficient (Wildman–Crippen LogP) is 2.96. The van der Waals surface area contributed by atoms with Crippen LogP contribution >= 0.6 is 0 Å². The summed E-state index contributed by atoms with van der Waals surface area (Å²) >= 11 is 0. The molecule has 7 heteroatoms. The molecule has 1 aromatic carbocycles. The van der Waals surface area contributed by atoms with Crippen LogP contribution in [-0.4, -0.2) is 49.4 Å². The van der Waals surface area contributed by atoms with E-state index >= 15 is 0 Å². The van der Waals surface area contributed by atoms with E-state index < -0.39 is 0 Å². The van der Waals surface area contributed by atoms with Crippen LogP contribution < -0.4 is 10.6 Å². The number of anilines is 1. The highest BCUT2D eigenvalue weighted by atomic mass is 16.5. The molecule has 3 amide bonds. The maximum atomic E-state index is 12.2. The highest BCUT2D eigenvalue weighted by Crippen LogP contribution is 2.14. The number of benzene rings is 1. The van der Waals surface area contributed by atoms with Crippen molar-refractivity contribution >= 4 is 17.8 Å². The lowest BCUT2D eigenvalue weighted by atomic mass is 10.1. The molecule has 7 nitrogen and oxygen atoms in total. The van der Waals surface area contributed by atoms with Crippen molar-refractivity contribution in [2.24, 2.45) is 0 Å². The summed E-state index contributed by atoms with van der Waals surface area (Å²) in [5.74, 6) is 0.